The van der Waals surface area contributed by atoms with E-state index in [0.717, 1.165) is 11.3 Å². The first-order valence-electron chi connectivity index (χ1n) is 11.5. The van der Waals surface area contributed by atoms with Crippen molar-refractivity contribution in [2.75, 3.05) is 23.3 Å². The molecule has 0 spiro atoms. The van der Waals surface area contributed by atoms with Gasteiger partial charge in [0.1, 0.15) is 35.2 Å². The standard InChI is InChI=1S/C24H21F2N9O2/c1-14-8-15(2-3-19(14)36-16-5-7-35-20(9-16)29-13-31-35)32-22-21-18(28-12-30-22)10-27-24(33-21)34-6-4-17(11-34)37-23(25)26/h2-3,5,7-10,12-13,17,23H,4,6,11H2,1H3,(H,28,30,32)/t17-/m0/s1. The summed E-state index contributed by atoms with van der Waals surface area (Å²) in [4.78, 5) is 23.6. The lowest BCUT2D eigenvalue weighted by Crippen LogP contribution is -2.25. The van der Waals surface area contributed by atoms with Crippen LogP contribution in [0.3, 0.4) is 0 Å². The van der Waals surface area contributed by atoms with Gasteiger partial charge >= 0.3 is 6.61 Å². The predicted octanol–water partition coefficient (Wildman–Crippen LogP) is 4.12. The van der Waals surface area contributed by atoms with Gasteiger partial charge in [-0.15, -0.1) is 0 Å². The number of alkyl halides is 2. The quantitative estimate of drug-likeness (QED) is 0.346. The average molecular weight is 505 g/mol. The van der Waals surface area contributed by atoms with Crippen molar-refractivity contribution in [3.63, 3.8) is 0 Å². The number of nitrogens with one attached hydrogen (secondary N) is 1. The molecule has 0 bridgehead atoms. The third-order valence-electron chi connectivity index (χ3n) is 6.01. The van der Waals surface area contributed by atoms with E-state index >= 15 is 0 Å². The number of benzene rings is 1. The summed E-state index contributed by atoms with van der Waals surface area (Å²) in [7, 11) is 0. The summed E-state index contributed by atoms with van der Waals surface area (Å²) in [5, 5.41) is 7.38. The van der Waals surface area contributed by atoms with Crippen LogP contribution in [-0.2, 0) is 4.74 Å². The van der Waals surface area contributed by atoms with Crippen LogP contribution in [0.15, 0.2) is 55.4 Å². The summed E-state index contributed by atoms with van der Waals surface area (Å²) in [6, 6.07) is 9.31. The van der Waals surface area contributed by atoms with Gasteiger partial charge in [0.2, 0.25) is 5.95 Å². The van der Waals surface area contributed by atoms with Crippen LogP contribution in [0.25, 0.3) is 16.7 Å². The largest absolute Gasteiger partial charge is 0.457 e. The minimum Gasteiger partial charge on any atom is -0.457 e. The highest BCUT2D eigenvalue weighted by molar-refractivity contribution is 5.87. The van der Waals surface area contributed by atoms with E-state index in [4.69, 9.17) is 4.74 Å². The van der Waals surface area contributed by atoms with Gasteiger partial charge in [-0.05, 0) is 43.2 Å². The number of ether oxygens (including phenoxy) is 2. The molecule has 4 aromatic heterocycles. The highest BCUT2D eigenvalue weighted by Crippen LogP contribution is 2.30. The number of aromatic nitrogens is 7. The molecule has 1 aromatic carbocycles. The molecule has 0 unspecified atom stereocenters. The first-order chi connectivity index (χ1) is 18.0. The Balaban J connectivity index is 1.22. The van der Waals surface area contributed by atoms with Gasteiger partial charge in [0.25, 0.3) is 0 Å². The second-order valence-corrected chi connectivity index (χ2v) is 8.51. The van der Waals surface area contributed by atoms with Crippen molar-refractivity contribution in [2.45, 2.75) is 26.1 Å². The lowest BCUT2D eigenvalue weighted by atomic mass is 10.2. The molecule has 0 amide bonds. The van der Waals surface area contributed by atoms with E-state index in [1.165, 1.54) is 12.7 Å². The summed E-state index contributed by atoms with van der Waals surface area (Å²) in [5.41, 5.74) is 3.45. The number of halogens is 2. The molecule has 0 aliphatic carbocycles. The Morgan fingerprint density at radius 3 is 2.86 bits per heavy atom. The molecule has 1 aliphatic rings. The van der Waals surface area contributed by atoms with Crippen molar-refractivity contribution < 1.29 is 18.3 Å². The van der Waals surface area contributed by atoms with Crippen molar-refractivity contribution in [2.24, 2.45) is 0 Å². The van der Waals surface area contributed by atoms with E-state index in [-0.39, 0.29) is 6.54 Å². The molecule has 37 heavy (non-hydrogen) atoms. The van der Waals surface area contributed by atoms with Crippen LogP contribution < -0.4 is 15.0 Å². The van der Waals surface area contributed by atoms with Crippen molar-refractivity contribution in [1.29, 1.82) is 0 Å². The Hall–Kier alpha value is -4.52. The number of hydrogen-bond donors (Lipinski definition) is 1. The number of anilines is 3. The van der Waals surface area contributed by atoms with Gasteiger partial charge in [-0.2, -0.15) is 13.9 Å². The smallest absolute Gasteiger partial charge is 0.345 e. The van der Waals surface area contributed by atoms with Crippen LogP contribution in [0.2, 0.25) is 0 Å². The van der Waals surface area contributed by atoms with Gasteiger partial charge in [-0.25, -0.2) is 29.4 Å². The molecule has 1 fully saturated rings. The van der Waals surface area contributed by atoms with Crippen molar-refractivity contribution >= 4 is 34.1 Å². The molecule has 1 aliphatic heterocycles. The molecule has 6 rings (SSSR count). The molecule has 5 heterocycles. The third kappa shape index (κ3) is 4.80. The maximum absolute atomic E-state index is 12.6. The van der Waals surface area contributed by atoms with Gasteiger partial charge in [-0.3, -0.25) is 0 Å². The molecule has 5 aromatic rings. The lowest BCUT2D eigenvalue weighted by molar-refractivity contribution is -0.156. The second-order valence-electron chi connectivity index (χ2n) is 8.51. The minimum atomic E-state index is -2.80. The molecule has 0 saturated carbocycles. The van der Waals surface area contributed by atoms with Crippen molar-refractivity contribution in [3.05, 3.63) is 60.9 Å². The molecule has 0 radical (unpaired) electrons. The molecule has 1 saturated heterocycles. The van der Waals surface area contributed by atoms with Gasteiger partial charge < -0.3 is 19.7 Å². The fourth-order valence-corrected chi connectivity index (χ4v) is 4.22. The Morgan fingerprint density at radius 1 is 1.08 bits per heavy atom. The normalized spacial score (nSPS) is 15.7. The first kappa shape index (κ1) is 22.9. The molecule has 1 atom stereocenters. The molecule has 1 N–H and O–H groups in total. The number of fused-ring (bicyclic) bond motifs is 2. The van der Waals surface area contributed by atoms with Crippen molar-refractivity contribution in [3.8, 4) is 11.5 Å². The number of nitrogens with zero attached hydrogens (tertiary/aromatic N) is 8. The predicted molar refractivity (Wildman–Crippen MR) is 130 cm³/mol. The van der Waals surface area contributed by atoms with Crippen LogP contribution >= 0.6 is 0 Å². The van der Waals surface area contributed by atoms with Gasteiger partial charge in [0, 0.05) is 31.0 Å². The van der Waals surface area contributed by atoms with Gasteiger partial charge in [-0.1, -0.05) is 0 Å². The zero-order valence-electron chi connectivity index (χ0n) is 19.6. The maximum atomic E-state index is 12.6. The molecule has 188 valence electrons. The van der Waals surface area contributed by atoms with E-state index in [9.17, 15) is 8.78 Å². The van der Waals surface area contributed by atoms with Crippen LogP contribution in [0.1, 0.15) is 12.0 Å². The van der Waals surface area contributed by atoms with E-state index in [1.807, 2.05) is 42.2 Å². The summed E-state index contributed by atoms with van der Waals surface area (Å²) < 4.78 is 37.5. The fraction of sp³-hybridized carbons (Fsp3) is 0.250. The summed E-state index contributed by atoms with van der Waals surface area (Å²) in [6.45, 7) is -0.0507. The Morgan fingerprint density at radius 2 is 2.00 bits per heavy atom. The van der Waals surface area contributed by atoms with Crippen LogP contribution in [-0.4, -0.2) is 60.3 Å². The minimum absolute atomic E-state index is 0.289. The highest BCUT2D eigenvalue weighted by atomic mass is 19.3. The zero-order valence-corrected chi connectivity index (χ0v) is 19.6. The van der Waals surface area contributed by atoms with E-state index in [1.54, 1.807) is 16.9 Å². The van der Waals surface area contributed by atoms with Crippen molar-refractivity contribution in [1.82, 2.24) is 34.5 Å². The number of hydrogen-bond acceptors (Lipinski definition) is 10. The van der Waals surface area contributed by atoms with Gasteiger partial charge in [0.05, 0.1) is 12.3 Å². The number of pyridine rings is 1. The highest BCUT2D eigenvalue weighted by Gasteiger charge is 2.27. The average Bonchev–Trinajstić information content (AvgIpc) is 3.55. The third-order valence-corrected chi connectivity index (χ3v) is 6.01. The zero-order chi connectivity index (χ0) is 25.4. The summed E-state index contributed by atoms with van der Waals surface area (Å²) >= 11 is 0. The Bertz CT molecular complexity index is 1580. The first-order valence-corrected chi connectivity index (χ1v) is 11.5. The molecular formula is C24H21F2N9O2. The van der Waals surface area contributed by atoms with E-state index in [0.29, 0.717) is 52.9 Å². The lowest BCUT2D eigenvalue weighted by Gasteiger charge is -2.17. The summed E-state index contributed by atoms with van der Waals surface area (Å²) in [5.74, 6) is 2.26. The van der Waals surface area contributed by atoms with E-state index < -0.39 is 12.7 Å². The number of rotatable bonds is 7. The van der Waals surface area contributed by atoms with Gasteiger partial charge in [0.15, 0.2) is 11.5 Å². The molecule has 13 heteroatoms. The van der Waals surface area contributed by atoms with Crippen LogP contribution in [0, 0.1) is 6.92 Å². The SMILES string of the molecule is Cc1cc(Nc2ncnc3cnc(N4CC[C@H](OC(F)F)C4)nc23)ccc1Oc1ccn2ncnc2c1. The molecule has 11 nitrogen and oxygen atoms in total. The number of aryl methyl sites for hydroxylation is 1. The second kappa shape index (κ2) is 9.50. The molecular weight excluding hydrogens is 484 g/mol. The topological polar surface area (TPSA) is 115 Å². The van der Waals surface area contributed by atoms with Crippen LogP contribution in [0.5, 0.6) is 11.5 Å². The summed E-state index contributed by atoms with van der Waals surface area (Å²) in [6.07, 6.45) is 6.21. The monoisotopic (exact) mass is 505 g/mol. The fourth-order valence-electron chi connectivity index (χ4n) is 4.22. The van der Waals surface area contributed by atoms with E-state index in [2.05, 4.69) is 40.1 Å². The maximum Gasteiger partial charge on any atom is 0.345 e. The van der Waals surface area contributed by atoms with Crippen LogP contribution in [0.4, 0.5) is 26.2 Å². The Kier molecular flexibility index (Phi) is 5.88. The Labute approximate surface area is 209 Å².